The number of nitrogens with one attached hydrogen (secondary N) is 1. The Kier molecular flexibility index (Phi) is 6.86. The highest BCUT2D eigenvalue weighted by Gasteiger charge is 2.21. The van der Waals surface area contributed by atoms with Crippen LogP contribution in [0, 0.1) is 0 Å². The summed E-state index contributed by atoms with van der Waals surface area (Å²) in [7, 11) is 0. The van der Waals surface area contributed by atoms with Gasteiger partial charge >= 0.3 is 6.03 Å². The van der Waals surface area contributed by atoms with Gasteiger partial charge in [-0.2, -0.15) is 0 Å². The monoisotopic (exact) mass is 319 g/mol. The fourth-order valence-corrected chi connectivity index (χ4v) is 2.94. The van der Waals surface area contributed by atoms with Crippen LogP contribution in [0.3, 0.4) is 0 Å². The van der Waals surface area contributed by atoms with Crippen molar-refractivity contribution in [3.63, 3.8) is 0 Å². The van der Waals surface area contributed by atoms with Crippen molar-refractivity contribution in [3.8, 4) is 0 Å². The van der Waals surface area contributed by atoms with Crippen molar-refractivity contribution in [2.24, 2.45) is 0 Å². The molecule has 1 aromatic carbocycles. The molecular formula is C18H29N3O2. The molecule has 128 valence electrons. The van der Waals surface area contributed by atoms with Crippen LogP contribution in [0.25, 0.3) is 0 Å². The third kappa shape index (κ3) is 5.22. The number of hydrogen-bond donors (Lipinski definition) is 2. The fourth-order valence-electron chi connectivity index (χ4n) is 2.94. The van der Waals surface area contributed by atoms with Gasteiger partial charge in [-0.1, -0.05) is 37.6 Å². The molecule has 5 heteroatoms. The second-order valence-electron chi connectivity index (χ2n) is 6.22. The number of benzene rings is 1. The topological polar surface area (TPSA) is 55.8 Å². The summed E-state index contributed by atoms with van der Waals surface area (Å²) in [6, 6.07) is 8.52. The Hall–Kier alpha value is -1.59. The van der Waals surface area contributed by atoms with Gasteiger partial charge in [0.1, 0.15) is 0 Å². The van der Waals surface area contributed by atoms with Gasteiger partial charge in [0, 0.05) is 32.7 Å². The first-order valence-electron chi connectivity index (χ1n) is 8.61. The normalized spacial score (nSPS) is 17.1. The third-order valence-corrected chi connectivity index (χ3v) is 4.43. The van der Waals surface area contributed by atoms with Crippen molar-refractivity contribution >= 4 is 6.03 Å². The quantitative estimate of drug-likeness (QED) is 0.843. The van der Waals surface area contributed by atoms with E-state index < -0.39 is 0 Å². The predicted molar refractivity (Wildman–Crippen MR) is 92.5 cm³/mol. The van der Waals surface area contributed by atoms with Crippen molar-refractivity contribution in [2.75, 3.05) is 39.3 Å². The van der Waals surface area contributed by atoms with Crippen LogP contribution >= 0.6 is 0 Å². The van der Waals surface area contributed by atoms with Gasteiger partial charge < -0.3 is 15.3 Å². The molecule has 0 spiro atoms. The number of carbonyl (C=O) groups is 1. The molecule has 23 heavy (non-hydrogen) atoms. The number of aliphatic hydroxyl groups excluding tert-OH is 1. The zero-order valence-electron chi connectivity index (χ0n) is 14.3. The van der Waals surface area contributed by atoms with E-state index in [-0.39, 0.29) is 18.7 Å². The van der Waals surface area contributed by atoms with Crippen LogP contribution in [0.2, 0.25) is 0 Å². The van der Waals surface area contributed by atoms with Crippen LogP contribution in [-0.4, -0.2) is 60.3 Å². The molecule has 5 nitrogen and oxygen atoms in total. The van der Waals surface area contributed by atoms with Gasteiger partial charge in [0.25, 0.3) is 0 Å². The summed E-state index contributed by atoms with van der Waals surface area (Å²) in [5.74, 6) is 0. The lowest BCUT2D eigenvalue weighted by Gasteiger charge is -2.35. The lowest BCUT2D eigenvalue weighted by Crippen LogP contribution is -2.52. The number of rotatable bonds is 6. The maximum absolute atomic E-state index is 12.4. The number of piperazine rings is 1. The summed E-state index contributed by atoms with van der Waals surface area (Å²) >= 11 is 0. The number of hydrogen-bond acceptors (Lipinski definition) is 3. The minimum absolute atomic E-state index is 0.00113. The second kappa shape index (κ2) is 8.89. The zero-order chi connectivity index (χ0) is 16.7. The zero-order valence-corrected chi connectivity index (χ0v) is 14.3. The molecule has 2 rings (SSSR count). The lowest BCUT2D eigenvalue weighted by atomic mass is 10.0. The molecule has 0 unspecified atom stereocenters. The van der Waals surface area contributed by atoms with E-state index in [2.05, 4.69) is 41.4 Å². The van der Waals surface area contributed by atoms with Crippen LogP contribution in [-0.2, 0) is 6.42 Å². The van der Waals surface area contributed by atoms with E-state index in [4.69, 9.17) is 5.11 Å². The van der Waals surface area contributed by atoms with Gasteiger partial charge in [-0.15, -0.1) is 0 Å². The van der Waals surface area contributed by atoms with Crippen molar-refractivity contribution in [3.05, 3.63) is 35.4 Å². The first-order valence-corrected chi connectivity index (χ1v) is 8.61. The molecule has 1 aliphatic rings. The van der Waals surface area contributed by atoms with E-state index in [0.29, 0.717) is 19.6 Å². The van der Waals surface area contributed by atoms with Crippen LogP contribution in [0.4, 0.5) is 4.79 Å². The van der Waals surface area contributed by atoms with E-state index in [1.54, 1.807) is 0 Å². The molecule has 0 bridgehead atoms. The number of urea groups is 1. The van der Waals surface area contributed by atoms with Gasteiger partial charge in [-0.3, -0.25) is 4.90 Å². The molecule has 1 aliphatic heterocycles. The highest BCUT2D eigenvalue weighted by atomic mass is 16.3. The molecule has 1 aromatic rings. The SMILES string of the molecule is CCCc1ccc([C@H](C)NC(=O)N2CCN(CCO)CC2)cc1. The molecule has 0 radical (unpaired) electrons. The number of aliphatic hydroxyl groups is 1. The third-order valence-electron chi connectivity index (χ3n) is 4.43. The Morgan fingerprint density at radius 3 is 2.43 bits per heavy atom. The average molecular weight is 319 g/mol. The van der Waals surface area contributed by atoms with E-state index in [0.717, 1.165) is 31.5 Å². The minimum atomic E-state index is -0.00113. The highest BCUT2D eigenvalue weighted by molar-refractivity contribution is 5.74. The summed E-state index contributed by atoms with van der Waals surface area (Å²) in [5.41, 5.74) is 2.48. The number of nitrogens with zero attached hydrogens (tertiary/aromatic N) is 2. The maximum Gasteiger partial charge on any atom is 0.317 e. The molecule has 0 aromatic heterocycles. The fraction of sp³-hybridized carbons (Fsp3) is 0.611. The molecule has 1 heterocycles. The Bertz CT molecular complexity index is 482. The molecular weight excluding hydrogens is 290 g/mol. The Labute approximate surface area is 139 Å². The smallest absolute Gasteiger partial charge is 0.317 e. The van der Waals surface area contributed by atoms with E-state index in [1.807, 2.05) is 11.8 Å². The van der Waals surface area contributed by atoms with Gasteiger partial charge in [-0.25, -0.2) is 4.79 Å². The molecule has 2 amide bonds. The van der Waals surface area contributed by atoms with Gasteiger partial charge in [0.15, 0.2) is 0 Å². The van der Waals surface area contributed by atoms with Crippen molar-refractivity contribution in [1.29, 1.82) is 0 Å². The van der Waals surface area contributed by atoms with Crippen LogP contribution < -0.4 is 5.32 Å². The van der Waals surface area contributed by atoms with Crippen molar-refractivity contribution in [2.45, 2.75) is 32.7 Å². The Balaban J connectivity index is 1.82. The summed E-state index contributed by atoms with van der Waals surface area (Å²) in [5, 5.41) is 12.0. The van der Waals surface area contributed by atoms with E-state index in [9.17, 15) is 4.79 Å². The largest absolute Gasteiger partial charge is 0.395 e. The maximum atomic E-state index is 12.4. The number of β-amino-alcohol motifs (C(OH)–C–C–N with tert-alkyl or cyclic N) is 1. The summed E-state index contributed by atoms with van der Waals surface area (Å²) < 4.78 is 0. The van der Waals surface area contributed by atoms with Crippen molar-refractivity contribution in [1.82, 2.24) is 15.1 Å². The molecule has 0 saturated carbocycles. The number of carbonyl (C=O) groups excluding carboxylic acids is 1. The molecule has 1 fully saturated rings. The minimum Gasteiger partial charge on any atom is -0.395 e. The first-order chi connectivity index (χ1) is 11.1. The molecule has 2 N–H and O–H groups in total. The summed E-state index contributed by atoms with van der Waals surface area (Å²) in [6.45, 7) is 8.16. The Morgan fingerprint density at radius 1 is 1.22 bits per heavy atom. The van der Waals surface area contributed by atoms with Crippen LogP contribution in [0.1, 0.15) is 37.4 Å². The number of aryl methyl sites for hydroxylation is 1. The van der Waals surface area contributed by atoms with Gasteiger partial charge in [0.2, 0.25) is 0 Å². The highest BCUT2D eigenvalue weighted by Crippen LogP contribution is 2.15. The van der Waals surface area contributed by atoms with E-state index >= 15 is 0 Å². The molecule has 0 aliphatic carbocycles. The van der Waals surface area contributed by atoms with Crippen LogP contribution in [0.5, 0.6) is 0 Å². The van der Waals surface area contributed by atoms with Gasteiger partial charge in [-0.05, 0) is 24.5 Å². The number of amides is 2. The summed E-state index contributed by atoms with van der Waals surface area (Å²) in [4.78, 5) is 16.4. The van der Waals surface area contributed by atoms with E-state index in [1.165, 1.54) is 5.56 Å². The predicted octanol–water partition coefficient (Wildman–Crippen LogP) is 2.02. The van der Waals surface area contributed by atoms with Crippen molar-refractivity contribution < 1.29 is 9.90 Å². The molecule has 1 atom stereocenters. The summed E-state index contributed by atoms with van der Waals surface area (Å²) in [6.07, 6.45) is 2.24. The first kappa shape index (κ1) is 17.8. The standard InChI is InChI=1S/C18H29N3O2/c1-3-4-16-5-7-17(8-6-16)15(2)19-18(23)21-11-9-20(10-12-21)13-14-22/h5-8,15,22H,3-4,9-14H2,1-2H3,(H,19,23)/t15-/m0/s1. The second-order valence-corrected chi connectivity index (χ2v) is 6.22. The molecule has 1 saturated heterocycles. The average Bonchev–Trinajstić information content (AvgIpc) is 2.56. The van der Waals surface area contributed by atoms with Gasteiger partial charge in [0.05, 0.1) is 12.6 Å². The lowest BCUT2D eigenvalue weighted by molar-refractivity contribution is 0.121. The Morgan fingerprint density at radius 2 is 1.87 bits per heavy atom. The van der Waals surface area contributed by atoms with Crippen LogP contribution in [0.15, 0.2) is 24.3 Å².